The highest BCUT2D eigenvalue weighted by atomic mass is 32.2. The van der Waals surface area contributed by atoms with Crippen LogP contribution in [0.1, 0.15) is 11.5 Å². The van der Waals surface area contributed by atoms with Gasteiger partial charge in [-0.25, -0.2) is 13.4 Å². The van der Waals surface area contributed by atoms with Gasteiger partial charge in [0.25, 0.3) is 10.0 Å². The minimum Gasteiger partial charge on any atom is -0.441 e. The van der Waals surface area contributed by atoms with Gasteiger partial charge in [0.15, 0.2) is 11.7 Å². The van der Waals surface area contributed by atoms with Crippen LogP contribution >= 0.6 is 0 Å². The molecule has 0 atom stereocenters. The summed E-state index contributed by atoms with van der Waals surface area (Å²) in [6.45, 7) is 3.70. The summed E-state index contributed by atoms with van der Waals surface area (Å²) in [6, 6.07) is 13.7. The highest BCUT2D eigenvalue weighted by Crippen LogP contribution is 2.23. The van der Waals surface area contributed by atoms with Crippen LogP contribution in [0.15, 0.2) is 64.0 Å². The van der Waals surface area contributed by atoms with Crippen molar-refractivity contribution in [1.82, 2.24) is 4.98 Å². The molecule has 5 nitrogen and oxygen atoms in total. The molecule has 3 aromatic rings. The van der Waals surface area contributed by atoms with E-state index in [1.165, 1.54) is 0 Å². The summed E-state index contributed by atoms with van der Waals surface area (Å²) >= 11 is 0. The first-order chi connectivity index (χ1) is 10.9. The van der Waals surface area contributed by atoms with Crippen LogP contribution in [0.3, 0.4) is 0 Å². The monoisotopic (exact) mass is 328 g/mol. The molecule has 1 heterocycles. The Kier molecular flexibility index (Phi) is 3.92. The molecule has 0 aliphatic heterocycles. The lowest BCUT2D eigenvalue weighted by Crippen LogP contribution is -2.12. The maximum Gasteiger partial charge on any atom is 0.261 e. The van der Waals surface area contributed by atoms with Crippen LogP contribution in [0.5, 0.6) is 0 Å². The Balaban J connectivity index is 1.84. The third kappa shape index (κ3) is 3.43. The Morgan fingerprint density at radius 1 is 0.957 bits per heavy atom. The van der Waals surface area contributed by atoms with Crippen molar-refractivity contribution >= 4 is 15.7 Å². The standard InChI is InChI=1S/C17H16N2O3S/c1-12-3-7-15(8-4-12)19-23(20,21)16-9-5-14(6-10-16)17-11-18-13(2)22-17/h3-11,19H,1-2H3. The Morgan fingerprint density at radius 3 is 2.17 bits per heavy atom. The molecule has 118 valence electrons. The van der Waals surface area contributed by atoms with E-state index in [-0.39, 0.29) is 4.90 Å². The molecule has 3 rings (SSSR count). The van der Waals surface area contributed by atoms with E-state index >= 15 is 0 Å². The van der Waals surface area contributed by atoms with Crippen molar-refractivity contribution in [2.45, 2.75) is 18.7 Å². The van der Waals surface area contributed by atoms with Crippen LogP contribution in [0.25, 0.3) is 11.3 Å². The molecular weight excluding hydrogens is 312 g/mol. The Hall–Kier alpha value is -2.60. The fourth-order valence-corrected chi connectivity index (χ4v) is 3.19. The van der Waals surface area contributed by atoms with Crippen LogP contribution in [0.4, 0.5) is 5.69 Å². The van der Waals surface area contributed by atoms with Crippen LogP contribution < -0.4 is 4.72 Å². The lowest BCUT2D eigenvalue weighted by atomic mass is 10.2. The average Bonchev–Trinajstić information content (AvgIpc) is 2.96. The van der Waals surface area contributed by atoms with Gasteiger partial charge in [-0.05, 0) is 43.3 Å². The van der Waals surface area contributed by atoms with Gasteiger partial charge in [0, 0.05) is 18.2 Å². The van der Waals surface area contributed by atoms with E-state index in [2.05, 4.69) is 9.71 Å². The molecule has 0 amide bonds. The smallest absolute Gasteiger partial charge is 0.261 e. The van der Waals surface area contributed by atoms with Gasteiger partial charge in [0.1, 0.15) is 0 Å². The van der Waals surface area contributed by atoms with E-state index in [1.54, 1.807) is 49.5 Å². The number of hydrogen-bond acceptors (Lipinski definition) is 4. The van der Waals surface area contributed by atoms with Crippen molar-refractivity contribution in [2.24, 2.45) is 0 Å². The van der Waals surface area contributed by atoms with Crippen molar-refractivity contribution in [2.75, 3.05) is 4.72 Å². The quantitative estimate of drug-likeness (QED) is 0.791. The van der Waals surface area contributed by atoms with Gasteiger partial charge in [0.05, 0.1) is 11.1 Å². The number of sulfonamides is 1. The zero-order chi connectivity index (χ0) is 16.4. The highest BCUT2D eigenvalue weighted by Gasteiger charge is 2.14. The molecule has 23 heavy (non-hydrogen) atoms. The van der Waals surface area contributed by atoms with Gasteiger partial charge in [-0.3, -0.25) is 4.72 Å². The van der Waals surface area contributed by atoms with Gasteiger partial charge >= 0.3 is 0 Å². The second kappa shape index (κ2) is 5.89. The normalized spacial score (nSPS) is 11.4. The lowest BCUT2D eigenvalue weighted by molar-refractivity contribution is 0.534. The van der Waals surface area contributed by atoms with Crippen molar-refractivity contribution in [3.05, 3.63) is 66.2 Å². The van der Waals surface area contributed by atoms with Crippen LogP contribution in [0.2, 0.25) is 0 Å². The van der Waals surface area contributed by atoms with Gasteiger partial charge in [-0.15, -0.1) is 0 Å². The summed E-state index contributed by atoms with van der Waals surface area (Å²) in [7, 11) is -3.62. The van der Waals surface area contributed by atoms with Crippen molar-refractivity contribution in [1.29, 1.82) is 0 Å². The van der Waals surface area contributed by atoms with Gasteiger partial charge < -0.3 is 4.42 Å². The van der Waals surface area contributed by atoms with E-state index in [1.807, 2.05) is 19.1 Å². The van der Waals surface area contributed by atoms with Crippen LogP contribution in [-0.2, 0) is 10.0 Å². The van der Waals surface area contributed by atoms with Gasteiger partial charge in [-0.1, -0.05) is 17.7 Å². The zero-order valence-corrected chi connectivity index (χ0v) is 13.6. The third-order valence-corrected chi connectivity index (χ3v) is 4.77. The molecular formula is C17H16N2O3S. The first-order valence-electron chi connectivity index (χ1n) is 7.06. The number of nitrogens with zero attached hydrogens (tertiary/aromatic N) is 1. The molecule has 0 radical (unpaired) electrons. The average molecular weight is 328 g/mol. The summed E-state index contributed by atoms with van der Waals surface area (Å²) in [5, 5.41) is 0. The minimum absolute atomic E-state index is 0.193. The number of benzene rings is 2. The number of rotatable bonds is 4. The predicted molar refractivity (Wildman–Crippen MR) is 88.7 cm³/mol. The molecule has 0 bridgehead atoms. The first kappa shape index (κ1) is 15.3. The number of oxazole rings is 1. The van der Waals surface area contributed by atoms with E-state index in [4.69, 9.17) is 4.42 Å². The van der Waals surface area contributed by atoms with Crippen molar-refractivity contribution < 1.29 is 12.8 Å². The predicted octanol–water partition coefficient (Wildman–Crippen LogP) is 3.76. The zero-order valence-electron chi connectivity index (χ0n) is 12.8. The topological polar surface area (TPSA) is 72.2 Å². The first-order valence-corrected chi connectivity index (χ1v) is 8.55. The van der Waals surface area contributed by atoms with Gasteiger partial charge in [-0.2, -0.15) is 0 Å². The molecule has 0 aliphatic rings. The Morgan fingerprint density at radius 2 is 1.61 bits per heavy atom. The number of nitrogens with one attached hydrogen (secondary N) is 1. The molecule has 0 fully saturated rings. The second-order valence-corrected chi connectivity index (χ2v) is 6.92. The largest absolute Gasteiger partial charge is 0.441 e. The molecule has 0 saturated heterocycles. The molecule has 0 aliphatic carbocycles. The van der Waals surface area contributed by atoms with E-state index in [9.17, 15) is 8.42 Å². The lowest BCUT2D eigenvalue weighted by Gasteiger charge is -2.08. The Labute approximate surface area is 135 Å². The summed E-state index contributed by atoms with van der Waals surface area (Å²) < 4.78 is 32.8. The molecule has 2 aromatic carbocycles. The third-order valence-electron chi connectivity index (χ3n) is 3.37. The maximum atomic E-state index is 12.4. The Bertz CT molecular complexity index is 911. The molecule has 1 N–H and O–H groups in total. The molecule has 0 spiro atoms. The highest BCUT2D eigenvalue weighted by molar-refractivity contribution is 7.92. The van der Waals surface area contributed by atoms with Crippen LogP contribution in [0, 0.1) is 13.8 Å². The molecule has 1 aromatic heterocycles. The number of aromatic nitrogens is 1. The SMILES string of the molecule is Cc1ccc(NS(=O)(=O)c2ccc(-c3cnc(C)o3)cc2)cc1. The van der Waals surface area contributed by atoms with E-state index in [0.29, 0.717) is 17.3 Å². The number of anilines is 1. The fourth-order valence-electron chi connectivity index (χ4n) is 2.13. The molecule has 0 saturated carbocycles. The summed E-state index contributed by atoms with van der Waals surface area (Å²) in [5.74, 6) is 1.18. The van der Waals surface area contributed by atoms with Crippen LogP contribution in [-0.4, -0.2) is 13.4 Å². The second-order valence-electron chi connectivity index (χ2n) is 5.24. The van der Waals surface area contributed by atoms with Gasteiger partial charge in [0.2, 0.25) is 0 Å². The van der Waals surface area contributed by atoms with E-state index < -0.39 is 10.0 Å². The molecule has 0 unspecified atom stereocenters. The minimum atomic E-state index is -3.62. The summed E-state index contributed by atoms with van der Waals surface area (Å²) in [6.07, 6.45) is 1.61. The maximum absolute atomic E-state index is 12.4. The van der Waals surface area contributed by atoms with Crippen molar-refractivity contribution in [3.8, 4) is 11.3 Å². The molecule has 6 heteroatoms. The van der Waals surface area contributed by atoms with E-state index in [0.717, 1.165) is 11.1 Å². The fraction of sp³-hybridized carbons (Fsp3) is 0.118. The summed E-state index contributed by atoms with van der Waals surface area (Å²) in [5.41, 5.74) is 2.38. The van der Waals surface area contributed by atoms with Crippen molar-refractivity contribution in [3.63, 3.8) is 0 Å². The summed E-state index contributed by atoms with van der Waals surface area (Å²) in [4.78, 5) is 4.22. The number of aryl methyl sites for hydroxylation is 2. The number of hydrogen-bond donors (Lipinski definition) is 1.